The molecule has 0 aliphatic heterocycles. The number of guanidine groups is 1. The Bertz CT molecular complexity index is 664. The van der Waals surface area contributed by atoms with Crippen LogP contribution in [-0.4, -0.2) is 18.9 Å². The molecule has 1 heterocycles. The highest BCUT2D eigenvalue weighted by Crippen LogP contribution is 2.06. The minimum atomic E-state index is -0.606. The van der Waals surface area contributed by atoms with Gasteiger partial charge < -0.3 is 20.8 Å². The van der Waals surface area contributed by atoms with E-state index in [4.69, 9.17) is 10.2 Å². The molecule has 0 atom stereocenters. The number of nitrogens with two attached hydrogens (primary N) is 1. The number of hydrogen-bond donors (Lipinski definition) is 3. The van der Waals surface area contributed by atoms with E-state index in [0.29, 0.717) is 24.8 Å². The van der Waals surface area contributed by atoms with Gasteiger partial charge in [-0.25, -0.2) is 4.39 Å². The van der Waals surface area contributed by atoms with Gasteiger partial charge >= 0.3 is 0 Å². The van der Waals surface area contributed by atoms with Crippen molar-refractivity contribution in [2.45, 2.75) is 13.1 Å². The van der Waals surface area contributed by atoms with Gasteiger partial charge in [0.15, 0.2) is 11.7 Å². The largest absolute Gasteiger partial charge is 0.454 e. The number of aliphatic imine (C=N–C) groups is 1. The minimum absolute atomic E-state index is 0.117. The number of benzene rings is 1. The molecule has 0 saturated heterocycles. The predicted molar refractivity (Wildman–Crippen MR) is 80.7 cm³/mol. The summed E-state index contributed by atoms with van der Waals surface area (Å²) in [6, 6.07) is 9.39. The lowest BCUT2D eigenvalue weighted by Gasteiger charge is -2.11. The number of carbonyl (C=O) groups is 1. The third kappa shape index (κ3) is 4.34. The minimum Gasteiger partial charge on any atom is -0.454 e. The van der Waals surface area contributed by atoms with Crippen molar-refractivity contribution in [3.63, 3.8) is 0 Å². The molecule has 0 aliphatic carbocycles. The third-order valence-corrected chi connectivity index (χ3v) is 2.93. The van der Waals surface area contributed by atoms with Crippen LogP contribution in [0.25, 0.3) is 0 Å². The monoisotopic (exact) mass is 304 g/mol. The molecule has 0 radical (unpaired) electrons. The highest BCUT2D eigenvalue weighted by Gasteiger charge is 2.07. The summed E-state index contributed by atoms with van der Waals surface area (Å²) in [6.45, 7) is 0.862. The summed E-state index contributed by atoms with van der Waals surface area (Å²) in [5, 5.41) is 6.13. The highest BCUT2D eigenvalue weighted by molar-refractivity contribution is 5.89. The quantitative estimate of drug-likeness (QED) is 0.575. The van der Waals surface area contributed by atoms with E-state index in [1.54, 1.807) is 25.2 Å². The first-order valence-corrected chi connectivity index (χ1v) is 6.66. The van der Waals surface area contributed by atoms with Crippen molar-refractivity contribution in [2.75, 3.05) is 7.05 Å². The lowest BCUT2D eigenvalue weighted by Crippen LogP contribution is -2.36. The van der Waals surface area contributed by atoms with E-state index in [9.17, 15) is 9.18 Å². The molecule has 1 aromatic carbocycles. The maximum Gasteiger partial charge on any atom is 0.284 e. The molecule has 0 bridgehead atoms. The van der Waals surface area contributed by atoms with Gasteiger partial charge in [-0.05, 0) is 29.8 Å². The van der Waals surface area contributed by atoms with Crippen LogP contribution in [0.15, 0.2) is 45.8 Å². The van der Waals surface area contributed by atoms with Crippen LogP contribution in [0.5, 0.6) is 0 Å². The van der Waals surface area contributed by atoms with Gasteiger partial charge in [-0.15, -0.1) is 0 Å². The summed E-state index contributed by atoms with van der Waals surface area (Å²) >= 11 is 0. The van der Waals surface area contributed by atoms with Crippen LogP contribution in [-0.2, 0) is 13.1 Å². The number of primary amides is 1. The molecule has 0 fully saturated rings. The lowest BCUT2D eigenvalue weighted by molar-refractivity contribution is 0.0972. The molecule has 2 rings (SSSR count). The van der Waals surface area contributed by atoms with Gasteiger partial charge in [0.1, 0.15) is 11.6 Å². The Hall–Kier alpha value is -2.83. The lowest BCUT2D eigenvalue weighted by atomic mass is 10.2. The normalized spacial score (nSPS) is 11.3. The number of carbonyl (C=O) groups excluding carboxylic acids is 1. The van der Waals surface area contributed by atoms with Crippen molar-refractivity contribution in [3.8, 4) is 0 Å². The highest BCUT2D eigenvalue weighted by atomic mass is 19.1. The number of amides is 1. The number of rotatable bonds is 5. The zero-order chi connectivity index (χ0) is 15.9. The molecule has 4 N–H and O–H groups in total. The molecule has 1 amide bonds. The van der Waals surface area contributed by atoms with E-state index >= 15 is 0 Å². The second kappa shape index (κ2) is 7.26. The molecule has 0 saturated carbocycles. The molecule has 116 valence electrons. The summed E-state index contributed by atoms with van der Waals surface area (Å²) in [6.07, 6.45) is 0. The van der Waals surface area contributed by atoms with Crippen molar-refractivity contribution in [1.29, 1.82) is 0 Å². The second-order valence-electron chi connectivity index (χ2n) is 4.54. The number of furan rings is 1. The van der Waals surface area contributed by atoms with Crippen molar-refractivity contribution in [3.05, 3.63) is 59.3 Å². The SMILES string of the molecule is CN=C(NCc1ccc(F)cc1)NCc1ccc(C(N)=O)o1. The van der Waals surface area contributed by atoms with Crippen molar-refractivity contribution < 1.29 is 13.6 Å². The average Bonchev–Trinajstić information content (AvgIpc) is 2.98. The van der Waals surface area contributed by atoms with E-state index in [-0.39, 0.29) is 11.6 Å². The first-order valence-electron chi connectivity index (χ1n) is 6.66. The predicted octanol–water partition coefficient (Wildman–Crippen LogP) is 1.38. The van der Waals surface area contributed by atoms with Crippen molar-refractivity contribution >= 4 is 11.9 Å². The molecule has 1 aromatic heterocycles. The van der Waals surface area contributed by atoms with Crippen LogP contribution in [0, 0.1) is 5.82 Å². The molecule has 22 heavy (non-hydrogen) atoms. The smallest absolute Gasteiger partial charge is 0.284 e. The van der Waals surface area contributed by atoms with Crippen molar-refractivity contribution in [1.82, 2.24) is 10.6 Å². The molecular weight excluding hydrogens is 287 g/mol. The summed E-state index contributed by atoms with van der Waals surface area (Å²) in [4.78, 5) is 15.0. The average molecular weight is 304 g/mol. The van der Waals surface area contributed by atoms with Gasteiger partial charge in [-0.2, -0.15) is 0 Å². The third-order valence-electron chi connectivity index (χ3n) is 2.93. The van der Waals surface area contributed by atoms with E-state index < -0.39 is 5.91 Å². The van der Waals surface area contributed by atoms with Crippen molar-refractivity contribution in [2.24, 2.45) is 10.7 Å². The summed E-state index contributed by atoms with van der Waals surface area (Å²) in [7, 11) is 1.64. The van der Waals surface area contributed by atoms with Gasteiger partial charge in [-0.1, -0.05) is 12.1 Å². The first-order chi connectivity index (χ1) is 10.6. The van der Waals surface area contributed by atoms with Gasteiger partial charge in [0.25, 0.3) is 5.91 Å². The van der Waals surface area contributed by atoms with E-state index in [0.717, 1.165) is 5.56 Å². The molecule has 7 heteroatoms. The number of nitrogens with zero attached hydrogens (tertiary/aromatic N) is 1. The Labute approximate surface area is 127 Å². The summed E-state index contributed by atoms with van der Waals surface area (Å²) in [5.41, 5.74) is 6.05. The van der Waals surface area contributed by atoms with Gasteiger partial charge in [-0.3, -0.25) is 9.79 Å². The summed E-state index contributed by atoms with van der Waals surface area (Å²) < 4.78 is 18.1. The molecule has 0 spiro atoms. The number of halogens is 1. The topological polar surface area (TPSA) is 92.6 Å². The maximum atomic E-state index is 12.8. The summed E-state index contributed by atoms with van der Waals surface area (Å²) in [5.74, 6) is 0.366. The van der Waals surface area contributed by atoms with Crippen LogP contribution < -0.4 is 16.4 Å². The zero-order valence-electron chi connectivity index (χ0n) is 12.1. The molecule has 0 aliphatic rings. The first kappa shape index (κ1) is 15.6. The molecule has 6 nitrogen and oxygen atoms in total. The Morgan fingerprint density at radius 2 is 1.86 bits per heavy atom. The van der Waals surface area contributed by atoms with Crippen LogP contribution in [0.1, 0.15) is 21.9 Å². The van der Waals surface area contributed by atoms with E-state index in [1.807, 2.05) is 0 Å². The second-order valence-corrected chi connectivity index (χ2v) is 4.54. The Morgan fingerprint density at radius 1 is 1.18 bits per heavy atom. The van der Waals surface area contributed by atoms with Gasteiger partial charge in [0, 0.05) is 13.6 Å². The van der Waals surface area contributed by atoms with Gasteiger partial charge in [0.2, 0.25) is 0 Å². The van der Waals surface area contributed by atoms with Crippen LogP contribution in [0.4, 0.5) is 4.39 Å². The standard InChI is InChI=1S/C15H17FN4O2/c1-18-15(19-8-10-2-4-11(16)5-3-10)20-9-12-6-7-13(22-12)14(17)21/h2-7H,8-9H2,1H3,(H2,17,21)(H2,18,19,20). The van der Waals surface area contributed by atoms with E-state index in [1.165, 1.54) is 18.2 Å². The fraction of sp³-hybridized carbons (Fsp3) is 0.200. The Balaban J connectivity index is 1.84. The Kier molecular flexibility index (Phi) is 5.13. The van der Waals surface area contributed by atoms with Crippen LogP contribution in [0.2, 0.25) is 0 Å². The number of hydrogen-bond acceptors (Lipinski definition) is 3. The van der Waals surface area contributed by atoms with Crippen LogP contribution >= 0.6 is 0 Å². The zero-order valence-corrected chi connectivity index (χ0v) is 12.1. The van der Waals surface area contributed by atoms with Crippen LogP contribution in [0.3, 0.4) is 0 Å². The molecular formula is C15H17FN4O2. The molecule has 2 aromatic rings. The van der Waals surface area contributed by atoms with E-state index in [2.05, 4.69) is 15.6 Å². The molecule has 0 unspecified atom stereocenters. The number of nitrogens with one attached hydrogen (secondary N) is 2. The Morgan fingerprint density at radius 3 is 2.45 bits per heavy atom. The van der Waals surface area contributed by atoms with Gasteiger partial charge in [0.05, 0.1) is 6.54 Å². The maximum absolute atomic E-state index is 12.8. The fourth-order valence-electron chi connectivity index (χ4n) is 1.78. The fourth-order valence-corrected chi connectivity index (χ4v) is 1.78.